The van der Waals surface area contributed by atoms with Crippen molar-refractivity contribution >= 4 is 17.3 Å². The summed E-state index contributed by atoms with van der Waals surface area (Å²) in [6, 6.07) is 6.08. The molecule has 1 aliphatic rings. The number of thiazole rings is 1. The molecular weight excluding hydrogens is 372 g/mol. The number of nitrogens with one attached hydrogen (secondary N) is 2. The van der Waals surface area contributed by atoms with Crippen LogP contribution in [0.15, 0.2) is 23.2 Å². The molecule has 152 valence electrons. The smallest absolute Gasteiger partial charge is 0.191 e. The maximum atomic E-state index is 6.18. The van der Waals surface area contributed by atoms with E-state index in [1.54, 1.807) is 25.5 Å². The monoisotopic (exact) mass is 402 g/mol. The van der Waals surface area contributed by atoms with Crippen molar-refractivity contribution < 1.29 is 9.47 Å². The molecule has 1 aliphatic carbocycles. The fourth-order valence-corrected chi connectivity index (χ4v) is 4.16. The number of aryl methyl sites for hydroxylation is 2. The zero-order valence-electron chi connectivity index (χ0n) is 17.2. The molecule has 1 heterocycles. The summed E-state index contributed by atoms with van der Waals surface area (Å²) in [4.78, 5) is 10.1. The number of benzene rings is 1. The Kier molecular flexibility index (Phi) is 7.14. The summed E-state index contributed by atoms with van der Waals surface area (Å²) in [6.07, 6.45) is 5.04. The Morgan fingerprint density at radius 2 is 1.93 bits per heavy atom. The molecule has 1 aromatic carbocycles. The van der Waals surface area contributed by atoms with E-state index in [9.17, 15) is 0 Å². The molecule has 0 unspecified atom stereocenters. The first-order valence-electron chi connectivity index (χ1n) is 9.80. The summed E-state index contributed by atoms with van der Waals surface area (Å²) < 4.78 is 11.7. The Bertz CT molecular complexity index is 793. The van der Waals surface area contributed by atoms with E-state index in [0.29, 0.717) is 19.2 Å². The molecule has 1 aromatic heterocycles. The van der Waals surface area contributed by atoms with Crippen LogP contribution in [0.1, 0.15) is 46.8 Å². The molecule has 0 atom stereocenters. The van der Waals surface area contributed by atoms with Crippen molar-refractivity contribution in [1.82, 2.24) is 15.6 Å². The van der Waals surface area contributed by atoms with E-state index in [-0.39, 0.29) is 0 Å². The molecule has 0 saturated heterocycles. The number of aromatic nitrogens is 1. The summed E-state index contributed by atoms with van der Waals surface area (Å²) in [5, 5.41) is 7.74. The van der Waals surface area contributed by atoms with E-state index < -0.39 is 0 Å². The van der Waals surface area contributed by atoms with Crippen LogP contribution >= 0.6 is 11.3 Å². The summed E-state index contributed by atoms with van der Waals surface area (Å²) in [7, 11) is 3.46. The number of hydrogen-bond acceptors (Lipinski definition) is 5. The van der Waals surface area contributed by atoms with Crippen LogP contribution in [0.5, 0.6) is 11.5 Å². The predicted octanol–water partition coefficient (Wildman–Crippen LogP) is 3.96. The minimum absolute atomic E-state index is 0.303. The molecule has 1 fully saturated rings. The van der Waals surface area contributed by atoms with Gasteiger partial charge in [0, 0.05) is 18.5 Å². The Morgan fingerprint density at radius 3 is 2.57 bits per heavy atom. The second kappa shape index (κ2) is 9.78. The molecule has 7 heteroatoms. The van der Waals surface area contributed by atoms with Gasteiger partial charge in [0.1, 0.15) is 5.01 Å². The van der Waals surface area contributed by atoms with Crippen LogP contribution < -0.4 is 20.1 Å². The first kappa shape index (κ1) is 20.5. The molecule has 0 radical (unpaired) electrons. The van der Waals surface area contributed by atoms with Gasteiger partial charge in [0.05, 0.1) is 25.5 Å². The molecule has 0 amide bonds. The normalized spacial score (nSPS) is 14.9. The summed E-state index contributed by atoms with van der Waals surface area (Å²) in [6.45, 7) is 5.45. The molecule has 0 bridgehead atoms. The van der Waals surface area contributed by atoms with Crippen molar-refractivity contribution in [3.63, 3.8) is 0 Å². The van der Waals surface area contributed by atoms with Crippen LogP contribution in [0.3, 0.4) is 0 Å². The molecule has 2 aromatic rings. The number of hydrogen-bond donors (Lipinski definition) is 2. The van der Waals surface area contributed by atoms with Gasteiger partial charge in [-0.15, -0.1) is 11.3 Å². The van der Waals surface area contributed by atoms with Gasteiger partial charge in [0.25, 0.3) is 0 Å². The SMILES string of the molecule is CN=C(NCc1ccc(OC)c(OC2CCCC2)c1)NCc1nc(C)c(C)s1. The van der Waals surface area contributed by atoms with E-state index >= 15 is 0 Å². The van der Waals surface area contributed by atoms with Gasteiger partial charge < -0.3 is 20.1 Å². The van der Waals surface area contributed by atoms with E-state index in [0.717, 1.165) is 46.6 Å². The summed E-state index contributed by atoms with van der Waals surface area (Å²) in [5.41, 5.74) is 2.22. The van der Waals surface area contributed by atoms with Crippen molar-refractivity contribution in [3.8, 4) is 11.5 Å². The maximum absolute atomic E-state index is 6.18. The Balaban J connectivity index is 1.57. The molecule has 0 aliphatic heterocycles. The quantitative estimate of drug-likeness (QED) is 0.542. The first-order chi connectivity index (χ1) is 13.6. The van der Waals surface area contributed by atoms with E-state index in [1.807, 2.05) is 19.1 Å². The molecule has 1 saturated carbocycles. The van der Waals surface area contributed by atoms with Crippen LogP contribution in [0.2, 0.25) is 0 Å². The summed E-state index contributed by atoms with van der Waals surface area (Å²) in [5.74, 6) is 2.36. The third-order valence-electron chi connectivity index (χ3n) is 4.99. The minimum atomic E-state index is 0.303. The molecular formula is C21H30N4O2S. The van der Waals surface area contributed by atoms with Crippen LogP contribution in [-0.2, 0) is 13.1 Å². The van der Waals surface area contributed by atoms with Crippen molar-refractivity contribution in [2.45, 2.75) is 58.7 Å². The molecule has 28 heavy (non-hydrogen) atoms. The minimum Gasteiger partial charge on any atom is -0.493 e. The second-order valence-corrected chi connectivity index (χ2v) is 8.33. The third-order valence-corrected chi connectivity index (χ3v) is 6.06. The fraction of sp³-hybridized carbons (Fsp3) is 0.524. The number of guanidine groups is 1. The average Bonchev–Trinajstić information content (AvgIpc) is 3.32. The number of ether oxygens (including phenoxy) is 2. The lowest BCUT2D eigenvalue weighted by molar-refractivity contribution is 0.200. The lowest BCUT2D eigenvalue weighted by Crippen LogP contribution is -2.36. The Hall–Kier alpha value is -2.28. The van der Waals surface area contributed by atoms with Crippen LogP contribution in [-0.4, -0.2) is 31.2 Å². The number of rotatable bonds is 7. The highest BCUT2D eigenvalue weighted by Crippen LogP contribution is 2.32. The van der Waals surface area contributed by atoms with Gasteiger partial charge in [-0.2, -0.15) is 0 Å². The molecule has 2 N–H and O–H groups in total. The van der Waals surface area contributed by atoms with Crippen LogP contribution in [0.4, 0.5) is 0 Å². The molecule has 3 rings (SSSR count). The van der Waals surface area contributed by atoms with Crippen molar-refractivity contribution in [3.05, 3.63) is 39.3 Å². The van der Waals surface area contributed by atoms with Crippen molar-refractivity contribution in [2.75, 3.05) is 14.2 Å². The molecule has 6 nitrogen and oxygen atoms in total. The topological polar surface area (TPSA) is 67.8 Å². The zero-order chi connectivity index (χ0) is 19.9. The maximum Gasteiger partial charge on any atom is 0.191 e. The Labute approximate surface area is 171 Å². The van der Waals surface area contributed by atoms with Crippen molar-refractivity contribution in [2.24, 2.45) is 4.99 Å². The van der Waals surface area contributed by atoms with Gasteiger partial charge in [0.2, 0.25) is 0 Å². The Morgan fingerprint density at radius 1 is 1.18 bits per heavy atom. The van der Waals surface area contributed by atoms with E-state index in [2.05, 4.69) is 33.6 Å². The molecule has 0 spiro atoms. The average molecular weight is 403 g/mol. The largest absolute Gasteiger partial charge is 0.493 e. The third kappa shape index (κ3) is 5.38. The van der Waals surface area contributed by atoms with E-state index in [4.69, 9.17) is 9.47 Å². The number of nitrogens with zero attached hydrogens (tertiary/aromatic N) is 2. The second-order valence-electron chi connectivity index (χ2n) is 7.04. The summed E-state index contributed by atoms with van der Waals surface area (Å²) >= 11 is 1.72. The zero-order valence-corrected chi connectivity index (χ0v) is 18.0. The van der Waals surface area contributed by atoms with Gasteiger partial charge in [-0.05, 0) is 57.2 Å². The van der Waals surface area contributed by atoms with Crippen LogP contribution in [0, 0.1) is 13.8 Å². The van der Waals surface area contributed by atoms with Gasteiger partial charge >= 0.3 is 0 Å². The van der Waals surface area contributed by atoms with E-state index in [1.165, 1.54) is 17.7 Å². The number of aliphatic imine (C=N–C) groups is 1. The van der Waals surface area contributed by atoms with Gasteiger partial charge in [0.15, 0.2) is 17.5 Å². The fourth-order valence-electron chi connectivity index (χ4n) is 3.29. The van der Waals surface area contributed by atoms with Gasteiger partial charge in [-0.1, -0.05) is 6.07 Å². The lowest BCUT2D eigenvalue weighted by Gasteiger charge is -2.17. The highest BCUT2D eigenvalue weighted by atomic mass is 32.1. The predicted molar refractivity (Wildman–Crippen MR) is 115 cm³/mol. The van der Waals surface area contributed by atoms with Crippen LogP contribution in [0.25, 0.3) is 0 Å². The van der Waals surface area contributed by atoms with Gasteiger partial charge in [-0.25, -0.2) is 4.98 Å². The van der Waals surface area contributed by atoms with Gasteiger partial charge in [-0.3, -0.25) is 4.99 Å². The highest BCUT2D eigenvalue weighted by Gasteiger charge is 2.18. The number of methoxy groups -OCH3 is 1. The lowest BCUT2D eigenvalue weighted by atomic mass is 10.2. The first-order valence-corrected chi connectivity index (χ1v) is 10.6. The highest BCUT2D eigenvalue weighted by molar-refractivity contribution is 7.11. The standard InChI is InChI=1S/C21H30N4O2S/c1-14-15(2)28-20(25-14)13-24-21(22-3)23-12-16-9-10-18(26-4)19(11-16)27-17-7-5-6-8-17/h9-11,17H,5-8,12-13H2,1-4H3,(H2,22,23,24). The van der Waals surface area contributed by atoms with Crippen molar-refractivity contribution in [1.29, 1.82) is 0 Å².